The highest BCUT2D eigenvalue weighted by Crippen LogP contribution is 2.23. The van der Waals surface area contributed by atoms with E-state index in [1.54, 1.807) is 49.1 Å². The van der Waals surface area contributed by atoms with Crippen molar-refractivity contribution in [1.29, 1.82) is 0 Å². The predicted molar refractivity (Wildman–Crippen MR) is 140 cm³/mol. The number of aromatic nitrogens is 2. The van der Waals surface area contributed by atoms with Crippen molar-refractivity contribution in [3.8, 4) is 11.1 Å². The molecule has 10 heteroatoms. The van der Waals surface area contributed by atoms with Crippen molar-refractivity contribution in [2.75, 3.05) is 21.3 Å². The molecule has 4 amide bonds. The lowest BCUT2D eigenvalue weighted by Crippen LogP contribution is -2.19. The first-order valence-corrected chi connectivity index (χ1v) is 9.82. The van der Waals surface area contributed by atoms with Crippen molar-refractivity contribution in [1.82, 2.24) is 9.97 Å². The number of hydrogen-bond donors (Lipinski definition) is 4. The first-order chi connectivity index (χ1) is 15.7. The van der Waals surface area contributed by atoms with E-state index in [0.29, 0.717) is 22.7 Å². The van der Waals surface area contributed by atoms with E-state index in [1.807, 2.05) is 48.5 Å². The lowest BCUT2D eigenvalue weighted by atomic mass is 10.1. The Morgan fingerprint density at radius 3 is 1.18 bits per heavy atom. The molecule has 4 N–H and O–H groups in total. The number of hydrogen-bond acceptors (Lipinski definition) is 4. The van der Waals surface area contributed by atoms with Crippen LogP contribution in [0.15, 0.2) is 97.6 Å². The SMILES string of the molecule is Cl.Cl.O=C(Nc1ccc(-c2ccc(NC(=O)Nc3cccnc3)cc2)cc1)Nc1cccnc1. The van der Waals surface area contributed by atoms with Gasteiger partial charge in [0.2, 0.25) is 0 Å². The Bertz CT molecular complexity index is 1090. The molecule has 0 saturated heterocycles. The van der Waals surface area contributed by atoms with E-state index in [2.05, 4.69) is 31.2 Å². The molecule has 0 bridgehead atoms. The topological polar surface area (TPSA) is 108 Å². The fourth-order valence-electron chi connectivity index (χ4n) is 2.95. The lowest BCUT2D eigenvalue weighted by Gasteiger charge is -2.10. The quantitative estimate of drug-likeness (QED) is 0.260. The normalized spacial score (nSPS) is 9.53. The van der Waals surface area contributed by atoms with Crippen LogP contribution < -0.4 is 21.3 Å². The maximum atomic E-state index is 12.1. The van der Waals surface area contributed by atoms with E-state index < -0.39 is 0 Å². The minimum absolute atomic E-state index is 0. The molecule has 2 aromatic carbocycles. The third kappa shape index (κ3) is 7.47. The number of halogens is 2. The number of carbonyl (C=O) groups excluding carboxylic acids is 2. The van der Waals surface area contributed by atoms with Crippen molar-refractivity contribution in [3.63, 3.8) is 0 Å². The Hall–Kier alpha value is -4.14. The third-order valence-corrected chi connectivity index (χ3v) is 4.46. The van der Waals surface area contributed by atoms with Gasteiger partial charge in [0.1, 0.15) is 0 Å². The molecule has 2 aromatic heterocycles. The van der Waals surface area contributed by atoms with Crippen LogP contribution in [0.1, 0.15) is 0 Å². The van der Waals surface area contributed by atoms with Gasteiger partial charge < -0.3 is 21.3 Å². The van der Waals surface area contributed by atoms with Gasteiger partial charge >= 0.3 is 12.1 Å². The van der Waals surface area contributed by atoms with Crippen molar-refractivity contribution in [2.45, 2.75) is 0 Å². The van der Waals surface area contributed by atoms with E-state index in [0.717, 1.165) is 11.1 Å². The number of carbonyl (C=O) groups is 2. The Balaban J connectivity index is 0.00000204. The van der Waals surface area contributed by atoms with Gasteiger partial charge in [0.15, 0.2) is 0 Å². The molecule has 0 aliphatic carbocycles. The van der Waals surface area contributed by atoms with Crippen molar-refractivity contribution >= 4 is 59.6 Å². The molecule has 0 spiro atoms. The summed E-state index contributed by atoms with van der Waals surface area (Å²) in [4.78, 5) is 32.1. The van der Waals surface area contributed by atoms with Crippen LogP contribution in [0.5, 0.6) is 0 Å². The molecule has 4 rings (SSSR count). The average Bonchev–Trinajstić information content (AvgIpc) is 2.81. The molecule has 8 nitrogen and oxygen atoms in total. The standard InChI is InChI=1S/C24H20N6O2.2ClH/c31-23(29-21-3-1-13-25-15-21)27-19-9-5-17(6-10-19)18-7-11-20(12-8-18)28-24(32)30-22-4-2-14-26-16-22;;/h1-16H,(H2,27,29,31)(H2,28,30,32);2*1H. The number of urea groups is 2. The molecular formula is C24H22Cl2N6O2. The number of pyridine rings is 2. The molecule has 4 aromatic rings. The number of amides is 4. The summed E-state index contributed by atoms with van der Waals surface area (Å²) in [5, 5.41) is 11.0. The second-order valence-corrected chi connectivity index (χ2v) is 6.80. The highest BCUT2D eigenvalue weighted by atomic mass is 35.5. The van der Waals surface area contributed by atoms with E-state index in [9.17, 15) is 9.59 Å². The first kappa shape index (κ1) is 26.1. The largest absolute Gasteiger partial charge is 0.323 e. The minimum atomic E-state index is -0.342. The Morgan fingerprint density at radius 1 is 0.500 bits per heavy atom. The summed E-state index contributed by atoms with van der Waals surface area (Å²) < 4.78 is 0. The van der Waals surface area contributed by atoms with Crippen LogP contribution in [0.3, 0.4) is 0 Å². The van der Waals surface area contributed by atoms with Crippen LogP contribution >= 0.6 is 24.8 Å². The van der Waals surface area contributed by atoms with Crippen LogP contribution in [-0.2, 0) is 0 Å². The maximum absolute atomic E-state index is 12.1. The number of benzene rings is 2. The molecule has 0 aliphatic rings. The van der Waals surface area contributed by atoms with E-state index >= 15 is 0 Å². The zero-order valence-corrected chi connectivity index (χ0v) is 19.4. The second-order valence-electron chi connectivity index (χ2n) is 6.80. The highest BCUT2D eigenvalue weighted by molar-refractivity contribution is 6.00. The zero-order valence-electron chi connectivity index (χ0n) is 17.8. The fraction of sp³-hybridized carbons (Fsp3) is 0. The van der Waals surface area contributed by atoms with Crippen LogP contribution in [0.2, 0.25) is 0 Å². The van der Waals surface area contributed by atoms with Crippen molar-refractivity contribution in [3.05, 3.63) is 97.6 Å². The van der Waals surface area contributed by atoms with Gasteiger partial charge in [0.25, 0.3) is 0 Å². The van der Waals surface area contributed by atoms with Crippen molar-refractivity contribution < 1.29 is 9.59 Å². The summed E-state index contributed by atoms with van der Waals surface area (Å²) in [7, 11) is 0. The van der Waals surface area contributed by atoms with Crippen LogP contribution in [-0.4, -0.2) is 22.0 Å². The Labute approximate surface area is 209 Å². The summed E-state index contributed by atoms with van der Waals surface area (Å²) in [6.45, 7) is 0. The molecule has 0 aliphatic heterocycles. The molecule has 174 valence electrons. The number of anilines is 4. The molecule has 0 radical (unpaired) electrons. The molecular weight excluding hydrogens is 475 g/mol. The molecule has 0 fully saturated rings. The second kappa shape index (κ2) is 12.8. The maximum Gasteiger partial charge on any atom is 0.323 e. The van der Waals surface area contributed by atoms with Gasteiger partial charge in [0, 0.05) is 23.8 Å². The smallest absolute Gasteiger partial charge is 0.308 e. The minimum Gasteiger partial charge on any atom is -0.308 e. The van der Waals surface area contributed by atoms with Gasteiger partial charge in [-0.25, -0.2) is 9.59 Å². The lowest BCUT2D eigenvalue weighted by molar-refractivity contribution is 0.261. The molecule has 0 unspecified atom stereocenters. The average molecular weight is 497 g/mol. The van der Waals surface area contributed by atoms with Crippen LogP contribution in [0.25, 0.3) is 11.1 Å². The summed E-state index contributed by atoms with van der Waals surface area (Å²) in [6.07, 6.45) is 6.43. The predicted octanol–water partition coefficient (Wildman–Crippen LogP) is 6.28. The number of nitrogens with one attached hydrogen (secondary N) is 4. The number of nitrogens with zero attached hydrogens (tertiary/aromatic N) is 2. The Kier molecular flexibility index (Phi) is 9.82. The molecule has 2 heterocycles. The first-order valence-electron chi connectivity index (χ1n) is 9.82. The van der Waals surface area contributed by atoms with E-state index in [1.165, 1.54) is 0 Å². The third-order valence-electron chi connectivity index (χ3n) is 4.46. The van der Waals surface area contributed by atoms with Crippen LogP contribution in [0.4, 0.5) is 32.3 Å². The summed E-state index contributed by atoms with van der Waals surface area (Å²) >= 11 is 0. The number of rotatable bonds is 5. The van der Waals surface area contributed by atoms with E-state index in [-0.39, 0.29) is 36.9 Å². The van der Waals surface area contributed by atoms with Gasteiger partial charge in [-0.2, -0.15) is 0 Å². The van der Waals surface area contributed by atoms with Gasteiger partial charge in [-0.15, -0.1) is 24.8 Å². The zero-order chi connectivity index (χ0) is 22.2. The van der Waals surface area contributed by atoms with Gasteiger partial charge in [-0.3, -0.25) is 9.97 Å². The van der Waals surface area contributed by atoms with Gasteiger partial charge in [-0.1, -0.05) is 24.3 Å². The molecule has 0 saturated carbocycles. The highest BCUT2D eigenvalue weighted by Gasteiger charge is 2.05. The molecule has 34 heavy (non-hydrogen) atoms. The summed E-state index contributed by atoms with van der Waals surface area (Å²) in [5.74, 6) is 0. The van der Waals surface area contributed by atoms with Crippen LogP contribution in [0, 0.1) is 0 Å². The van der Waals surface area contributed by atoms with Gasteiger partial charge in [0.05, 0.1) is 23.8 Å². The Morgan fingerprint density at radius 2 is 0.853 bits per heavy atom. The van der Waals surface area contributed by atoms with E-state index in [4.69, 9.17) is 0 Å². The summed E-state index contributed by atoms with van der Waals surface area (Å²) in [6, 6.07) is 21.3. The van der Waals surface area contributed by atoms with Crippen molar-refractivity contribution in [2.24, 2.45) is 0 Å². The fourth-order valence-corrected chi connectivity index (χ4v) is 2.95. The monoisotopic (exact) mass is 496 g/mol. The summed E-state index contributed by atoms with van der Waals surface area (Å²) in [5.41, 5.74) is 4.53. The van der Waals surface area contributed by atoms with Gasteiger partial charge in [-0.05, 0) is 59.7 Å². The molecule has 0 atom stereocenters.